The zero-order valence-corrected chi connectivity index (χ0v) is 20.2. The van der Waals surface area contributed by atoms with Gasteiger partial charge in [0.15, 0.2) is 5.82 Å². The first-order valence-corrected chi connectivity index (χ1v) is 12.4. The van der Waals surface area contributed by atoms with Crippen LogP contribution in [0, 0.1) is 11.3 Å². The minimum absolute atomic E-state index is 0.125. The summed E-state index contributed by atoms with van der Waals surface area (Å²) in [6.45, 7) is 1.49. The highest BCUT2D eigenvalue weighted by atomic mass is 19.4. The molecule has 3 aromatic rings. The van der Waals surface area contributed by atoms with Gasteiger partial charge >= 0.3 is 12.2 Å². The maximum atomic E-state index is 12.7. The van der Waals surface area contributed by atoms with Crippen molar-refractivity contribution in [3.63, 3.8) is 0 Å². The van der Waals surface area contributed by atoms with Crippen LogP contribution in [0.2, 0.25) is 0 Å². The van der Waals surface area contributed by atoms with Gasteiger partial charge in [-0.2, -0.15) is 18.3 Å². The second-order valence-electron chi connectivity index (χ2n) is 9.97. The van der Waals surface area contributed by atoms with E-state index in [0.29, 0.717) is 22.9 Å². The number of piperidine rings is 1. The van der Waals surface area contributed by atoms with Gasteiger partial charge in [0, 0.05) is 31.5 Å². The molecule has 1 aliphatic heterocycles. The van der Waals surface area contributed by atoms with Crippen LogP contribution in [0.1, 0.15) is 43.2 Å². The summed E-state index contributed by atoms with van der Waals surface area (Å²) < 4.78 is 43.8. The summed E-state index contributed by atoms with van der Waals surface area (Å²) in [5.74, 6) is 1.80. The molecule has 194 valence electrons. The lowest BCUT2D eigenvalue weighted by Crippen LogP contribution is -2.49. The van der Waals surface area contributed by atoms with Crippen molar-refractivity contribution in [3.8, 4) is 11.6 Å². The molecule has 1 saturated carbocycles. The third-order valence-corrected chi connectivity index (χ3v) is 7.39. The van der Waals surface area contributed by atoms with Gasteiger partial charge in [-0.05, 0) is 85.8 Å². The number of pyridine rings is 1. The molecule has 7 nitrogen and oxygen atoms in total. The lowest BCUT2D eigenvalue weighted by atomic mass is 9.56. The Morgan fingerprint density at radius 1 is 1.11 bits per heavy atom. The van der Waals surface area contributed by atoms with E-state index in [1.165, 1.54) is 18.9 Å². The minimum Gasteiger partial charge on any atom is -0.439 e. The van der Waals surface area contributed by atoms with E-state index in [9.17, 15) is 18.0 Å². The van der Waals surface area contributed by atoms with Crippen LogP contribution in [0.25, 0.3) is 0 Å². The Bertz CT molecular complexity index is 1200. The van der Waals surface area contributed by atoms with Crippen LogP contribution < -0.4 is 10.1 Å². The van der Waals surface area contributed by atoms with Gasteiger partial charge in [-0.25, -0.2) is 9.78 Å². The van der Waals surface area contributed by atoms with Crippen molar-refractivity contribution in [3.05, 3.63) is 72.1 Å². The molecule has 1 N–H and O–H groups in total. The van der Waals surface area contributed by atoms with Crippen molar-refractivity contribution in [1.82, 2.24) is 20.1 Å². The molecule has 1 aliphatic carbocycles. The number of rotatable bonds is 6. The van der Waals surface area contributed by atoms with Gasteiger partial charge in [0.1, 0.15) is 5.75 Å². The third kappa shape index (κ3) is 6.18. The van der Waals surface area contributed by atoms with Gasteiger partial charge < -0.3 is 9.64 Å². The van der Waals surface area contributed by atoms with Gasteiger partial charge in [-0.15, -0.1) is 5.10 Å². The van der Waals surface area contributed by atoms with Gasteiger partial charge in [0.05, 0.1) is 5.56 Å². The van der Waals surface area contributed by atoms with Crippen molar-refractivity contribution in [2.75, 3.05) is 18.4 Å². The summed E-state index contributed by atoms with van der Waals surface area (Å²) in [6.07, 6.45) is 4.29. The van der Waals surface area contributed by atoms with Gasteiger partial charge in [-0.3, -0.25) is 5.32 Å². The predicted octanol–water partition coefficient (Wildman–Crippen LogP) is 6.34. The fourth-order valence-corrected chi connectivity index (χ4v) is 5.38. The summed E-state index contributed by atoms with van der Waals surface area (Å²) in [7, 11) is 0. The number of hydrogen-bond acceptors (Lipinski definition) is 5. The van der Waals surface area contributed by atoms with Crippen LogP contribution in [-0.2, 0) is 12.6 Å². The number of hydrogen-bond donors (Lipinski definition) is 1. The quantitative estimate of drug-likeness (QED) is 0.418. The van der Waals surface area contributed by atoms with Crippen molar-refractivity contribution in [1.29, 1.82) is 0 Å². The van der Waals surface area contributed by atoms with Gasteiger partial charge in [0.2, 0.25) is 5.88 Å². The number of aryl methyl sites for hydroxylation is 1. The van der Waals surface area contributed by atoms with Gasteiger partial charge in [0.25, 0.3) is 0 Å². The van der Waals surface area contributed by atoms with Crippen LogP contribution in [-0.4, -0.2) is 39.2 Å². The number of aromatic nitrogens is 3. The molecule has 0 unspecified atom stereocenters. The molecule has 0 atom stereocenters. The molecule has 0 radical (unpaired) electrons. The maximum Gasteiger partial charge on any atom is 0.417 e. The second-order valence-corrected chi connectivity index (χ2v) is 9.97. The maximum absolute atomic E-state index is 12.7. The molecule has 10 heteroatoms. The zero-order valence-electron chi connectivity index (χ0n) is 20.2. The molecule has 2 aromatic heterocycles. The van der Waals surface area contributed by atoms with Crippen LogP contribution >= 0.6 is 0 Å². The molecule has 1 spiro atoms. The number of carbonyl (C=O) groups excluding carboxylic acids is 1. The number of alkyl halides is 3. The average Bonchev–Trinajstić information content (AvgIpc) is 2.87. The van der Waals surface area contributed by atoms with E-state index in [1.807, 2.05) is 23.1 Å². The number of benzene rings is 1. The van der Waals surface area contributed by atoms with Gasteiger partial charge in [-0.1, -0.05) is 12.1 Å². The van der Waals surface area contributed by atoms with E-state index in [4.69, 9.17) is 4.74 Å². The number of carbonyl (C=O) groups is 1. The average molecular weight is 512 g/mol. The SMILES string of the molecule is O=C(Nc1cccnn1)N1CCC2(CC1)CC(CCc1cccc(Oc3ccc(C(F)(F)F)cn3)c1)C2. The first-order valence-electron chi connectivity index (χ1n) is 12.4. The van der Waals surface area contributed by atoms with Crippen molar-refractivity contribution < 1.29 is 22.7 Å². The number of urea groups is 1. The molecule has 5 rings (SSSR count). The Hall–Kier alpha value is -3.69. The minimum atomic E-state index is -4.42. The van der Waals surface area contributed by atoms with Crippen molar-refractivity contribution in [2.24, 2.45) is 11.3 Å². The highest BCUT2D eigenvalue weighted by Gasteiger charge is 2.45. The van der Waals surface area contributed by atoms with E-state index < -0.39 is 11.7 Å². The second kappa shape index (κ2) is 10.4. The largest absolute Gasteiger partial charge is 0.439 e. The van der Waals surface area contributed by atoms with Crippen LogP contribution in [0.5, 0.6) is 11.6 Å². The molecule has 37 heavy (non-hydrogen) atoms. The number of halogens is 3. The molecule has 0 bridgehead atoms. The molecule has 2 fully saturated rings. The Balaban J connectivity index is 1.06. The molecular formula is C27H28F3N5O2. The zero-order chi connectivity index (χ0) is 25.9. The van der Waals surface area contributed by atoms with Crippen LogP contribution in [0.15, 0.2) is 60.9 Å². The number of nitrogens with zero attached hydrogens (tertiary/aromatic N) is 4. The number of amides is 2. The van der Waals surface area contributed by atoms with E-state index in [0.717, 1.165) is 56.6 Å². The summed E-state index contributed by atoms with van der Waals surface area (Å²) in [5.41, 5.74) is 0.663. The van der Waals surface area contributed by atoms with Crippen LogP contribution in [0.3, 0.4) is 0 Å². The fourth-order valence-electron chi connectivity index (χ4n) is 5.38. The molecule has 2 amide bonds. The summed E-state index contributed by atoms with van der Waals surface area (Å²) in [4.78, 5) is 18.1. The summed E-state index contributed by atoms with van der Waals surface area (Å²) in [5, 5.41) is 10.5. The normalized spacial score (nSPS) is 17.3. The van der Waals surface area contributed by atoms with E-state index in [-0.39, 0.29) is 11.9 Å². The van der Waals surface area contributed by atoms with E-state index >= 15 is 0 Å². The van der Waals surface area contributed by atoms with E-state index in [2.05, 4.69) is 20.5 Å². The molecule has 1 aromatic carbocycles. The summed E-state index contributed by atoms with van der Waals surface area (Å²) >= 11 is 0. The smallest absolute Gasteiger partial charge is 0.417 e. The monoisotopic (exact) mass is 511 g/mol. The Morgan fingerprint density at radius 2 is 1.92 bits per heavy atom. The standard InChI is InChI=1S/C27H28F3N5O2/c28-27(29,30)21-8-9-24(31-18-21)37-22-4-1-3-19(15-22)6-7-20-16-26(17-20)10-13-35(14-11-26)25(36)33-23-5-2-12-32-34-23/h1-5,8-9,12,15,18,20H,6-7,10-11,13-14,16-17H2,(H,33,34,36). The molecular weight excluding hydrogens is 483 g/mol. The highest BCUT2D eigenvalue weighted by molar-refractivity contribution is 5.88. The number of anilines is 1. The predicted molar refractivity (Wildman–Crippen MR) is 131 cm³/mol. The number of likely N-dealkylation sites (tertiary alicyclic amines) is 1. The molecule has 2 aliphatic rings. The number of nitrogens with one attached hydrogen (secondary N) is 1. The lowest BCUT2D eigenvalue weighted by Gasteiger charge is -2.52. The first kappa shape index (κ1) is 25.0. The van der Waals surface area contributed by atoms with Crippen molar-refractivity contribution in [2.45, 2.75) is 44.7 Å². The fraction of sp³-hybridized carbons (Fsp3) is 0.407. The van der Waals surface area contributed by atoms with Crippen molar-refractivity contribution >= 4 is 11.8 Å². The Morgan fingerprint density at radius 3 is 2.59 bits per heavy atom. The molecule has 1 saturated heterocycles. The third-order valence-electron chi connectivity index (χ3n) is 7.39. The van der Waals surface area contributed by atoms with Crippen LogP contribution in [0.4, 0.5) is 23.8 Å². The molecule has 3 heterocycles. The number of ether oxygens (including phenoxy) is 1. The van der Waals surface area contributed by atoms with E-state index in [1.54, 1.807) is 24.4 Å². The lowest BCUT2D eigenvalue weighted by molar-refractivity contribution is -0.137. The Kier molecular flexibility index (Phi) is 6.99. The summed E-state index contributed by atoms with van der Waals surface area (Å²) in [6, 6.07) is 13.1. The first-order chi connectivity index (χ1) is 17.8. The highest BCUT2D eigenvalue weighted by Crippen LogP contribution is 2.54. The topological polar surface area (TPSA) is 80.2 Å². The Labute approximate surface area is 213 Å².